The van der Waals surface area contributed by atoms with Crippen LogP contribution in [0.1, 0.15) is 32.6 Å². The number of benzene rings is 1. The molecule has 1 aliphatic heterocycles. The third-order valence-corrected chi connectivity index (χ3v) is 5.98. The van der Waals surface area contributed by atoms with Gasteiger partial charge in [0.25, 0.3) is 0 Å². The van der Waals surface area contributed by atoms with Crippen LogP contribution in [0.5, 0.6) is 0 Å². The van der Waals surface area contributed by atoms with Crippen molar-refractivity contribution < 1.29 is 9.21 Å². The number of amides is 1. The van der Waals surface area contributed by atoms with E-state index in [1.165, 1.54) is 11.8 Å². The van der Waals surface area contributed by atoms with Gasteiger partial charge in [-0.2, -0.15) is 0 Å². The number of carbonyl (C=O) groups excluding carboxylic acids is 1. The van der Waals surface area contributed by atoms with Gasteiger partial charge in [-0.25, -0.2) is 4.98 Å². The van der Waals surface area contributed by atoms with Crippen LogP contribution >= 0.6 is 23.4 Å². The molecule has 3 unspecified atom stereocenters. The Kier molecular flexibility index (Phi) is 6.62. The lowest BCUT2D eigenvalue weighted by Gasteiger charge is -2.31. The molecule has 0 spiro atoms. The lowest BCUT2D eigenvalue weighted by molar-refractivity contribution is -0.121. The molecule has 0 saturated carbocycles. The standard InChI is InChI=1S/C19H24ClN3O2S/c1-12-16(4-3-9-21-12)23-19(24)13(2)26-11-18-22-10-17(25-18)14-5-7-15(20)8-6-14/h5-8,10,12-13,16,21H,3-4,9,11H2,1-2H3,(H,23,24). The first kappa shape index (κ1) is 19.3. The number of halogens is 1. The Balaban J connectivity index is 1.50. The minimum atomic E-state index is -0.157. The molecule has 1 aromatic heterocycles. The number of rotatable bonds is 6. The average molecular weight is 394 g/mol. The van der Waals surface area contributed by atoms with Crippen LogP contribution in [-0.2, 0) is 10.5 Å². The van der Waals surface area contributed by atoms with Gasteiger partial charge < -0.3 is 15.1 Å². The van der Waals surface area contributed by atoms with E-state index in [0.29, 0.717) is 28.5 Å². The van der Waals surface area contributed by atoms with Gasteiger partial charge in [-0.15, -0.1) is 11.8 Å². The van der Waals surface area contributed by atoms with Crippen molar-refractivity contribution in [2.24, 2.45) is 0 Å². The van der Waals surface area contributed by atoms with Gasteiger partial charge in [-0.05, 0) is 57.5 Å². The van der Waals surface area contributed by atoms with Crippen LogP contribution in [0, 0.1) is 0 Å². The molecule has 2 N–H and O–H groups in total. The van der Waals surface area contributed by atoms with Crippen molar-refractivity contribution in [3.63, 3.8) is 0 Å². The van der Waals surface area contributed by atoms with Crippen molar-refractivity contribution in [1.82, 2.24) is 15.6 Å². The molecule has 1 aliphatic rings. The maximum absolute atomic E-state index is 12.4. The van der Waals surface area contributed by atoms with Crippen molar-refractivity contribution in [2.45, 2.75) is 49.8 Å². The van der Waals surface area contributed by atoms with Crippen LogP contribution in [0.25, 0.3) is 11.3 Å². The Morgan fingerprint density at radius 1 is 1.46 bits per heavy atom. The number of thioether (sulfide) groups is 1. The Hall–Kier alpha value is -1.50. The highest BCUT2D eigenvalue weighted by molar-refractivity contribution is 7.99. The van der Waals surface area contributed by atoms with E-state index in [4.69, 9.17) is 16.0 Å². The quantitative estimate of drug-likeness (QED) is 0.779. The molecule has 1 aromatic carbocycles. The second-order valence-electron chi connectivity index (χ2n) is 6.58. The van der Waals surface area contributed by atoms with E-state index in [9.17, 15) is 4.79 Å². The first-order chi connectivity index (χ1) is 12.5. The third kappa shape index (κ3) is 5.02. The Bertz CT molecular complexity index is 735. The zero-order valence-electron chi connectivity index (χ0n) is 15.0. The fourth-order valence-electron chi connectivity index (χ4n) is 2.94. The minimum Gasteiger partial charge on any atom is -0.440 e. The third-order valence-electron chi connectivity index (χ3n) is 4.60. The molecule has 5 nitrogen and oxygen atoms in total. The fraction of sp³-hybridized carbons (Fsp3) is 0.474. The summed E-state index contributed by atoms with van der Waals surface area (Å²) in [6.07, 6.45) is 3.83. The van der Waals surface area contributed by atoms with Gasteiger partial charge in [0.1, 0.15) is 0 Å². The number of hydrogen-bond acceptors (Lipinski definition) is 5. The largest absolute Gasteiger partial charge is 0.440 e. The van der Waals surface area contributed by atoms with Gasteiger partial charge >= 0.3 is 0 Å². The predicted octanol–water partition coefficient (Wildman–Crippen LogP) is 3.87. The highest BCUT2D eigenvalue weighted by Gasteiger charge is 2.24. The van der Waals surface area contributed by atoms with Crippen LogP contribution in [0.3, 0.4) is 0 Å². The van der Waals surface area contributed by atoms with Crippen molar-refractivity contribution >= 4 is 29.3 Å². The molecular weight excluding hydrogens is 370 g/mol. The molecule has 0 radical (unpaired) electrons. The van der Waals surface area contributed by atoms with Crippen molar-refractivity contribution in [3.8, 4) is 11.3 Å². The van der Waals surface area contributed by atoms with Crippen LogP contribution in [-0.4, -0.2) is 34.8 Å². The molecular formula is C19H24ClN3O2S. The van der Waals surface area contributed by atoms with E-state index in [-0.39, 0.29) is 17.2 Å². The van der Waals surface area contributed by atoms with Crippen LogP contribution < -0.4 is 10.6 Å². The number of oxazole rings is 1. The predicted molar refractivity (Wildman–Crippen MR) is 106 cm³/mol. The maximum Gasteiger partial charge on any atom is 0.233 e. The topological polar surface area (TPSA) is 67.2 Å². The summed E-state index contributed by atoms with van der Waals surface area (Å²) in [4.78, 5) is 16.7. The Labute approximate surface area is 163 Å². The monoisotopic (exact) mass is 393 g/mol. The first-order valence-corrected chi connectivity index (χ1v) is 10.3. The second-order valence-corrected chi connectivity index (χ2v) is 8.34. The van der Waals surface area contributed by atoms with E-state index < -0.39 is 0 Å². The lowest BCUT2D eigenvalue weighted by Crippen LogP contribution is -2.53. The summed E-state index contributed by atoms with van der Waals surface area (Å²) < 4.78 is 5.79. The van der Waals surface area contributed by atoms with E-state index in [0.717, 1.165) is 24.9 Å². The molecule has 7 heteroatoms. The molecule has 26 heavy (non-hydrogen) atoms. The number of aromatic nitrogens is 1. The van der Waals surface area contributed by atoms with Gasteiger partial charge in [0.15, 0.2) is 5.76 Å². The Morgan fingerprint density at radius 2 is 2.23 bits per heavy atom. The summed E-state index contributed by atoms with van der Waals surface area (Å²) in [7, 11) is 0. The summed E-state index contributed by atoms with van der Waals surface area (Å²) in [5, 5.41) is 7.09. The maximum atomic E-state index is 12.4. The van der Waals surface area contributed by atoms with Crippen LogP contribution in [0.4, 0.5) is 0 Å². The summed E-state index contributed by atoms with van der Waals surface area (Å²) >= 11 is 7.43. The molecule has 1 saturated heterocycles. The molecule has 3 atom stereocenters. The zero-order valence-corrected chi connectivity index (χ0v) is 16.6. The van der Waals surface area contributed by atoms with Gasteiger partial charge in [0, 0.05) is 22.7 Å². The smallest absolute Gasteiger partial charge is 0.233 e. The number of nitrogens with zero attached hydrogens (tertiary/aromatic N) is 1. The highest BCUT2D eigenvalue weighted by Crippen LogP contribution is 2.25. The summed E-state index contributed by atoms with van der Waals surface area (Å²) in [5.74, 6) is 1.95. The summed E-state index contributed by atoms with van der Waals surface area (Å²) in [6, 6.07) is 7.96. The van der Waals surface area contributed by atoms with E-state index in [1.807, 2.05) is 31.2 Å². The fourth-order valence-corrected chi connectivity index (χ4v) is 3.81. The van der Waals surface area contributed by atoms with Crippen molar-refractivity contribution in [1.29, 1.82) is 0 Å². The molecule has 0 bridgehead atoms. The minimum absolute atomic E-state index is 0.0695. The molecule has 1 fully saturated rings. The molecule has 0 aliphatic carbocycles. The summed E-state index contributed by atoms with van der Waals surface area (Å²) in [6.45, 7) is 5.06. The van der Waals surface area contributed by atoms with Gasteiger partial charge in [0.2, 0.25) is 11.8 Å². The van der Waals surface area contributed by atoms with E-state index >= 15 is 0 Å². The van der Waals surface area contributed by atoms with Crippen LogP contribution in [0.2, 0.25) is 5.02 Å². The number of carbonyl (C=O) groups is 1. The molecule has 140 valence electrons. The number of piperidine rings is 1. The number of hydrogen-bond donors (Lipinski definition) is 2. The highest BCUT2D eigenvalue weighted by atomic mass is 35.5. The van der Waals surface area contributed by atoms with Crippen molar-refractivity contribution in [2.75, 3.05) is 6.54 Å². The lowest BCUT2D eigenvalue weighted by atomic mass is 10.00. The molecule has 1 amide bonds. The van der Waals surface area contributed by atoms with Gasteiger partial charge in [-0.1, -0.05) is 11.6 Å². The van der Waals surface area contributed by atoms with Gasteiger partial charge in [-0.3, -0.25) is 4.79 Å². The summed E-state index contributed by atoms with van der Waals surface area (Å²) in [5.41, 5.74) is 0.933. The van der Waals surface area contributed by atoms with Crippen LogP contribution in [0.15, 0.2) is 34.9 Å². The van der Waals surface area contributed by atoms with E-state index in [2.05, 4.69) is 22.5 Å². The number of nitrogens with one attached hydrogen (secondary N) is 2. The second kappa shape index (κ2) is 8.93. The average Bonchev–Trinajstić information content (AvgIpc) is 3.11. The first-order valence-electron chi connectivity index (χ1n) is 8.89. The van der Waals surface area contributed by atoms with Gasteiger partial charge in [0.05, 0.1) is 17.2 Å². The Morgan fingerprint density at radius 3 is 2.96 bits per heavy atom. The van der Waals surface area contributed by atoms with Crippen molar-refractivity contribution in [3.05, 3.63) is 41.4 Å². The molecule has 2 heterocycles. The zero-order chi connectivity index (χ0) is 18.5. The van der Waals surface area contributed by atoms with E-state index in [1.54, 1.807) is 6.20 Å². The normalized spacial score (nSPS) is 21.3. The SMILES string of the molecule is CC(SCc1ncc(-c2ccc(Cl)cc2)o1)C(=O)NC1CCCNC1C. The molecule has 2 aromatic rings. The molecule has 3 rings (SSSR count).